The first kappa shape index (κ1) is 14.2. The molecule has 0 aromatic carbocycles. The Hall–Kier alpha value is 0.157. The normalized spacial score (nSPS) is 10.6. The van der Waals surface area contributed by atoms with Gasteiger partial charge in [-0.05, 0) is 10.5 Å². The van der Waals surface area contributed by atoms with Gasteiger partial charge in [-0.2, -0.15) is 0 Å². The van der Waals surface area contributed by atoms with E-state index in [0.29, 0.717) is 6.61 Å². The molecule has 0 aromatic rings. The predicted octanol–water partition coefficient (Wildman–Crippen LogP) is 2.26. The van der Waals surface area contributed by atoms with Gasteiger partial charge in [-0.25, -0.2) is 4.79 Å². The molecule has 0 spiro atoms. The van der Waals surface area contributed by atoms with Crippen LogP contribution >= 0.6 is 22.6 Å². The molecule has 0 atom stereocenters. The molecule has 4 heteroatoms. The van der Waals surface area contributed by atoms with Crippen LogP contribution in [0.2, 0.25) is 6.04 Å². The van der Waals surface area contributed by atoms with Crippen LogP contribution in [0.5, 0.6) is 0 Å². The van der Waals surface area contributed by atoms with Crippen molar-refractivity contribution in [1.29, 1.82) is 0 Å². The molecule has 0 saturated carbocycles. The van der Waals surface area contributed by atoms with Crippen molar-refractivity contribution in [2.24, 2.45) is 0 Å². The van der Waals surface area contributed by atoms with Crippen LogP contribution in [0.25, 0.3) is 0 Å². The van der Waals surface area contributed by atoms with Crippen LogP contribution in [0.3, 0.4) is 0 Å². The van der Waals surface area contributed by atoms with E-state index in [9.17, 15) is 4.79 Å². The Bertz CT molecular complexity index is 162. The Morgan fingerprint density at radius 3 is 2.71 bits per heavy atom. The molecular formula is C10H19IO2Si. The van der Waals surface area contributed by atoms with Crippen molar-refractivity contribution in [2.75, 3.05) is 10.7 Å². The first-order valence-electron chi connectivity index (χ1n) is 5.16. The summed E-state index contributed by atoms with van der Waals surface area (Å²) in [4.78, 5) is 10.7. The molecule has 0 radical (unpaired) electrons. The predicted molar refractivity (Wildman–Crippen MR) is 71.9 cm³/mol. The van der Waals surface area contributed by atoms with Gasteiger partial charge in [-0.15, -0.1) is 0 Å². The van der Waals surface area contributed by atoms with E-state index in [1.54, 1.807) is 0 Å². The van der Waals surface area contributed by atoms with Gasteiger partial charge >= 0.3 is 5.97 Å². The number of ether oxygens (including phenoxy) is 1. The monoisotopic (exact) mass is 326 g/mol. The Kier molecular flexibility index (Phi) is 11.4. The zero-order valence-corrected chi connectivity index (χ0v) is 12.2. The molecule has 0 amide bonds. The minimum atomic E-state index is -0.303. The van der Waals surface area contributed by atoms with Gasteiger partial charge in [0.15, 0.2) is 0 Å². The first-order valence-corrected chi connectivity index (χ1v) is 8.69. The number of hydrogen-bond acceptors (Lipinski definition) is 2. The maximum Gasteiger partial charge on any atom is 0.330 e. The smallest absolute Gasteiger partial charge is 0.330 e. The summed E-state index contributed by atoms with van der Waals surface area (Å²) >= 11 is 2.47. The quantitative estimate of drug-likeness (QED) is 0.162. The van der Waals surface area contributed by atoms with Crippen molar-refractivity contribution < 1.29 is 9.53 Å². The van der Waals surface area contributed by atoms with E-state index in [1.165, 1.54) is 35.4 Å². The highest BCUT2D eigenvalue weighted by Crippen LogP contribution is 2.03. The lowest BCUT2D eigenvalue weighted by molar-refractivity contribution is -0.137. The van der Waals surface area contributed by atoms with Crippen molar-refractivity contribution in [3.8, 4) is 0 Å². The summed E-state index contributed by atoms with van der Waals surface area (Å²) in [6.45, 7) is 3.89. The molecule has 0 saturated heterocycles. The van der Waals surface area contributed by atoms with Gasteiger partial charge in [0, 0.05) is 15.6 Å². The number of carbonyl (C=O) groups is 1. The maximum absolute atomic E-state index is 10.7. The van der Waals surface area contributed by atoms with Gasteiger partial charge in [0.2, 0.25) is 0 Å². The molecule has 0 N–H and O–H groups in total. The Balaban J connectivity index is 2.99. The van der Waals surface area contributed by atoms with Crippen molar-refractivity contribution in [1.82, 2.24) is 0 Å². The minimum Gasteiger partial charge on any atom is -0.463 e. The molecular weight excluding hydrogens is 307 g/mol. The lowest BCUT2D eigenvalue weighted by Gasteiger charge is -2.01. The van der Waals surface area contributed by atoms with Crippen LogP contribution in [-0.4, -0.2) is 26.1 Å². The van der Waals surface area contributed by atoms with Crippen LogP contribution in [0.1, 0.15) is 25.7 Å². The van der Waals surface area contributed by atoms with Crippen LogP contribution in [0.4, 0.5) is 0 Å². The van der Waals surface area contributed by atoms with Crippen LogP contribution in [0.15, 0.2) is 12.7 Å². The van der Waals surface area contributed by atoms with E-state index in [0.717, 1.165) is 6.42 Å². The lowest BCUT2D eigenvalue weighted by atomic mass is 10.2. The highest BCUT2D eigenvalue weighted by Gasteiger charge is 1.95. The number of carbonyl (C=O) groups excluding carboxylic acids is 1. The maximum atomic E-state index is 10.7. The first-order chi connectivity index (χ1) is 6.81. The summed E-state index contributed by atoms with van der Waals surface area (Å²) in [5, 5.41) is 0. The topological polar surface area (TPSA) is 26.3 Å². The van der Waals surface area contributed by atoms with Gasteiger partial charge in [-0.1, -0.05) is 54.5 Å². The van der Waals surface area contributed by atoms with Gasteiger partial charge in [0.05, 0.1) is 6.61 Å². The van der Waals surface area contributed by atoms with Gasteiger partial charge in [-0.3, -0.25) is 0 Å². The SMILES string of the molecule is C=CC(=O)OCCCCCC[SiH2]CI. The fourth-order valence-corrected chi connectivity index (χ4v) is 3.65. The molecule has 0 rings (SSSR count). The van der Waals surface area contributed by atoms with Crippen LogP contribution < -0.4 is 0 Å². The third-order valence-corrected chi connectivity index (χ3v) is 5.49. The van der Waals surface area contributed by atoms with Crippen LogP contribution in [-0.2, 0) is 9.53 Å². The highest BCUT2D eigenvalue weighted by molar-refractivity contribution is 14.1. The summed E-state index contributed by atoms with van der Waals surface area (Å²) in [5.41, 5.74) is 0. The Labute approximate surface area is 102 Å². The average Bonchev–Trinajstić information content (AvgIpc) is 2.21. The lowest BCUT2D eigenvalue weighted by Crippen LogP contribution is -2.01. The van der Waals surface area contributed by atoms with Crippen molar-refractivity contribution >= 4 is 38.1 Å². The second kappa shape index (κ2) is 11.2. The Morgan fingerprint density at radius 2 is 2.07 bits per heavy atom. The average molecular weight is 326 g/mol. The molecule has 2 nitrogen and oxygen atoms in total. The highest BCUT2D eigenvalue weighted by atomic mass is 127. The zero-order chi connectivity index (χ0) is 10.6. The molecule has 0 aliphatic rings. The number of rotatable bonds is 9. The number of halogens is 1. The number of esters is 1. The summed E-state index contributed by atoms with van der Waals surface area (Å²) in [7, 11) is 0.254. The van der Waals surface area contributed by atoms with Crippen molar-refractivity contribution in [3.05, 3.63) is 12.7 Å². The molecule has 14 heavy (non-hydrogen) atoms. The van der Waals surface area contributed by atoms with E-state index < -0.39 is 0 Å². The molecule has 0 aliphatic heterocycles. The van der Waals surface area contributed by atoms with Crippen molar-refractivity contribution in [2.45, 2.75) is 31.7 Å². The molecule has 0 unspecified atom stereocenters. The molecule has 0 aliphatic carbocycles. The molecule has 82 valence electrons. The van der Waals surface area contributed by atoms with E-state index >= 15 is 0 Å². The number of hydrogen-bond donors (Lipinski definition) is 0. The third kappa shape index (κ3) is 10.2. The van der Waals surface area contributed by atoms with E-state index in [4.69, 9.17) is 4.74 Å². The van der Waals surface area contributed by atoms with Gasteiger partial charge in [0.25, 0.3) is 0 Å². The second-order valence-corrected chi connectivity index (χ2v) is 8.21. The summed E-state index contributed by atoms with van der Waals surface area (Å²) in [6.07, 6.45) is 6.04. The summed E-state index contributed by atoms with van der Waals surface area (Å²) in [6, 6.07) is 1.47. The second-order valence-electron chi connectivity index (χ2n) is 3.18. The molecule has 0 aromatic heterocycles. The number of unbranched alkanes of at least 4 members (excludes halogenated alkanes) is 3. The Morgan fingerprint density at radius 1 is 1.36 bits per heavy atom. The third-order valence-electron chi connectivity index (χ3n) is 1.94. The van der Waals surface area contributed by atoms with E-state index in [2.05, 4.69) is 29.2 Å². The fourth-order valence-electron chi connectivity index (χ4n) is 1.14. The standard InChI is InChI=1S/C10H19IO2Si/c1-2-10(12)13-7-5-3-4-6-8-14-9-11/h2H,1,3-9,14H2. The summed E-state index contributed by atoms with van der Waals surface area (Å²) < 4.78 is 6.27. The molecule has 0 fully saturated rings. The zero-order valence-electron chi connectivity index (χ0n) is 8.64. The van der Waals surface area contributed by atoms with E-state index in [-0.39, 0.29) is 15.5 Å². The van der Waals surface area contributed by atoms with E-state index in [1.807, 2.05) is 0 Å². The van der Waals surface area contributed by atoms with Gasteiger partial charge in [0.1, 0.15) is 0 Å². The fraction of sp³-hybridized carbons (Fsp3) is 0.700. The molecule has 0 heterocycles. The summed E-state index contributed by atoms with van der Waals surface area (Å²) in [5.74, 6) is -0.303. The molecule has 0 bridgehead atoms. The number of alkyl halides is 1. The minimum absolute atomic E-state index is 0.254. The van der Waals surface area contributed by atoms with Gasteiger partial charge < -0.3 is 4.74 Å². The van der Waals surface area contributed by atoms with Crippen molar-refractivity contribution in [3.63, 3.8) is 0 Å². The largest absolute Gasteiger partial charge is 0.463 e. The van der Waals surface area contributed by atoms with Crippen LogP contribution in [0, 0.1) is 0 Å².